The monoisotopic (exact) mass is 755 g/mol. The lowest BCUT2D eigenvalue weighted by molar-refractivity contribution is 0.514. The average Bonchev–Trinajstić information content (AvgIpc) is 3.11. The van der Waals surface area contributed by atoms with Crippen LogP contribution >= 0.6 is 0 Å². The summed E-state index contributed by atoms with van der Waals surface area (Å²) in [5.41, 5.74) is 5.40. The smallest absolute Gasteiger partial charge is 0.251 e. The molecular formula is C45H65N5O5. The molecule has 5 heterocycles. The van der Waals surface area contributed by atoms with Gasteiger partial charge in [0.05, 0.1) is 0 Å². The summed E-state index contributed by atoms with van der Waals surface area (Å²) in [7, 11) is 0. The molecule has 0 saturated heterocycles. The van der Waals surface area contributed by atoms with Crippen molar-refractivity contribution in [2.24, 2.45) is 0 Å². The minimum atomic E-state index is -0.0370. The van der Waals surface area contributed by atoms with Gasteiger partial charge in [-0.2, -0.15) is 0 Å². The summed E-state index contributed by atoms with van der Waals surface area (Å²) in [6.45, 7) is 23.7. The van der Waals surface area contributed by atoms with Crippen LogP contribution in [0.1, 0.15) is 94.7 Å². The van der Waals surface area contributed by atoms with Crippen LogP contribution in [0.3, 0.4) is 0 Å². The Hall–Kier alpha value is -5.51. The van der Waals surface area contributed by atoms with Crippen LogP contribution in [0.2, 0.25) is 0 Å². The highest BCUT2D eigenvalue weighted by Gasteiger charge is 2.02. The molecule has 300 valence electrons. The predicted octanol–water partition coefficient (Wildman–Crippen LogP) is 8.31. The van der Waals surface area contributed by atoms with Gasteiger partial charge in [-0.05, 0) is 119 Å². The van der Waals surface area contributed by atoms with E-state index < -0.39 is 0 Å². The largest absolute Gasteiger partial charge is 0.329 e. The van der Waals surface area contributed by atoms with E-state index >= 15 is 0 Å². The number of unbranched alkanes of at least 4 members (excludes halogenated alkanes) is 1. The number of aryl methyl sites for hydroxylation is 7. The van der Waals surface area contributed by atoms with Gasteiger partial charge in [-0.15, -0.1) is 6.58 Å². The Bertz CT molecular complexity index is 2150. The molecule has 5 aromatic heterocycles. The highest BCUT2D eigenvalue weighted by molar-refractivity contribution is 5.10. The first-order valence-corrected chi connectivity index (χ1v) is 18.6. The van der Waals surface area contributed by atoms with Crippen molar-refractivity contribution in [3.63, 3.8) is 0 Å². The zero-order valence-electron chi connectivity index (χ0n) is 33.8. The van der Waals surface area contributed by atoms with Gasteiger partial charge in [0.25, 0.3) is 22.2 Å². The highest BCUT2D eigenvalue weighted by Crippen LogP contribution is 2.06. The number of aromatic amines is 1. The SMILES string of the molecule is C.C=CCn1ccc(C)cc1=O.CCC(C)n1ccc(C)cc1=O.CCCCn1ccc(C)cc1=O.CCCn1ccc(C)cc1=O.Cc1cc[nH]c(=O)c1. The quantitative estimate of drug-likeness (QED) is 0.152. The Balaban J connectivity index is 0.000000663. The van der Waals surface area contributed by atoms with Crippen LogP contribution in [0.4, 0.5) is 0 Å². The number of nitrogens with zero attached hydrogens (tertiary/aromatic N) is 4. The molecule has 10 heteroatoms. The van der Waals surface area contributed by atoms with E-state index in [1.807, 2.05) is 83.5 Å². The van der Waals surface area contributed by atoms with Crippen molar-refractivity contribution in [2.75, 3.05) is 0 Å². The Morgan fingerprint density at radius 1 is 0.600 bits per heavy atom. The number of hydrogen-bond donors (Lipinski definition) is 1. The van der Waals surface area contributed by atoms with E-state index in [0.717, 1.165) is 66.6 Å². The van der Waals surface area contributed by atoms with Gasteiger partial charge in [0.2, 0.25) is 5.56 Å². The van der Waals surface area contributed by atoms with Crippen LogP contribution in [-0.4, -0.2) is 23.3 Å². The first-order chi connectivity index (χ1) is 25.6. The van der Waals surface area contributed by atoms with Gasteiger partial charge in [0.1, 0.15) is 0 Å². The molecule has 0 spiro atoms. The fraction of sp³-hybridized carbons (Fsp3) is 0.400. The second-order valence-electron chi connectivity index (χ2n) is 13.2. The van der Waals surface area contributed by atoms with E-state index in [-0.39, 0.29) is 35.2 Å². The predicted molar refractivity (Wildman–Crippen MR) is 231 cm³/mol. The van der Waals surface area contributed by atoms with Crippen molar-refractivity contribution in [1.82, 2.24) is 23.3 Å². The summed E-state index contributed by atoms with van der Waals surface area (Å²) >= 11 is 0. The van der Waals surface area contributed by atoms with Crippen LogP contribution in [0.15, 0.2) is 128 Å². The minimum Gasteiger partial charge on any atom is -0.329 e. The van der Waals surface area contributed by atoms with Gasteiger partial charge in [-0.1, -0.05) is 40.7 Å². The van der Waals surface area contributed by atoms with Crippen LogP contribution in [0, 0.1) is 34.6 Å². The summed E-state index contributed by atoms with van der Waals surface area (Å²) in [6.07, 6.45) is 14.9. The third-order valence-corrected chi connectivity index (χ3v) is 8.10. The standard InChI is InChI=1S/2C10H15NO.C9H13NO.C9H11NO.C6H7NO.CH4/c1-4-9(3)11-6-5-8(2)7-10(11)12;1-3-4-6-11-7-5-9(2)8-10(11)12;2*1-3-5-10-6-4-8(2)7-9(10)11;1-5-2-3-7-6(8)4-5;/h5-7,9H,4H2,1-3H3;5,7-8H,3-4,6H2,1-2H3;4,6-7H,3,5H2,1-2H3;3-4,6-7H,1,5H2,2H3;2-4H,1H3,(H,7,8);1H4. The van der Waals surface area contributed by atoms with E-state index in [1.54, 1.807) is 67.1 Å². The minimum absolute atomic E-state index is 0. The van der Waals surface area contributed by atoms with E-state index in [0.29, 0.717) is 12.6 Å². The second-order valence-corrected chi connectivity index (χ2v) is 13.2. The zero-order chi connectivity index (χ0) is 40.6. The summed E-state index contributed by atoms with van der Waals surface area (Å²) in [5.74, 6) is 0. The van der Waals surface area contributed by atoms with Crippen molar-refractivity contribution in [3.05, 3.63) is 184 Å². The first-order valence-electron chi connectivity index (χ1n) is 18.6. The maximum atomic E-state index is 11.4. The molecule has 5 rings (SSSR count). The Morgan fingerprint density at radius 2 is 1.04 bits per heavy atom. The zero-order valence-corrected chi connectivity index (χ0v) is 33.8. The molecule has 1 unspecified atom stereocenters. The number of nitrogens with one attached hydrogen (secondary N) is 1. The van der Waals surface area contributed by atoms with Crippen molar-refractivity contribution >= 4 is 0 Å². The molecule has 0 aliphatic heterocycles. The summed E-state index contributed by atoms with van der Waals surface area (Å²) in [5, 5.41) is 0. The Morgan fingerprint density at radius 3 is 1.40 bits per heavy atom. The Labute approximate surface area is 327 Å². The summed E-state index contributed by atoms with van der Waals surface area (Å²) < 4.78 is 6.87. The number of allylic oxidation sites excluding steroid dienone is 1. The van der Waals surface area contributed by atoms with Crippen molar-refractivity contribution < 1.29 is 0 Å². The summed E-state index contributed by atoms with van der Waals surface area (Å²) in [4.78, 5) is 58.0. The lowest BCUT2D eigenvalue weighted by Crippen LogP contribution is -2.21. The normalized spacial score (nSPS) is 10.3. The fourth-order valence-corrected chi connectivity index (χ4v) is 4.75. The first kappa shape index (κ1) is 49.5. The van der Waals surface area contributed by atoms with Crippen molar-refractivity contribution in [1.29, 1.82) is 0 Å². The van der Waals surface area contributed by atoms with Gasteiger partial charge in [0, 0.05) is 87.0 Å². The molecule has 10 nitrogen and oxygen atoms in total. The van der Waals surface area contributed by atoms with Gasteiger partial charge in [0.15, 0.2) is 0 Å². The molecule has 55 heavy (non-hydrogen) atoms. The van der Waals surface area contributed by atoms with Crippen LogP contribution < -0.4 is 27.8 Å². The lowest BCUT2D eigenvalue weighted by Gasteiger charge is -2.12. The molecule has 1 atom stereocenters. The maximum absolute atomic E-state index is 11.4. The lowest BCUT2D eigenvalue weighted by atomic mass is 10.2. The third-order valence-electron chi connectivity index (χ3n) is 8.10. The van der Waals surface area contributed by atoms with Gasteiger partial charge in [-0.3, -0.25) is 24.0 Å². The second kappa shape index (κ2) is 27.1. The van der Waals surface area contributed by atoms with E-state index in [9.17, 15) is 24.0 Å². The summed E-state index contributed by atoms with van der Waals surface area (Å²) in [6, 6.07) is 18.1. The molecule has 5 aromatic rings. The maximum Gasteiger partial charge on any atom is 0.251 e. The van der Waals surface area contributed by atoms with E-state index in [2.05, 4.69) is 39.3 Å². The van der Waals surface area contributed by atoms with Crippen LogP contribution in [0.5, 0.6) is 0 Å². The number of H-pyrrole nitrogens is 1. The van der Waals surface area contributed by atoms with Crippen molar-refractivity contribution in [3.8, 4) is 0 Å². The average molecular weight is 756 g/mol. The molecule has 0 radical (unpaired) electrons. The number of hydrogen-bond acceptors (Lipinski definition) is 5. The fourth-order valence-electron chi connectivity index (χ4n) is 4.75. The molecule has 0 aliphatic rings. The van der Waals surface area contributed by atoms with Gasteiger partial charge >= 0.3 is 0 Å². The topological polar surface area (TPSA) is 121 Å². The van der Waals surface area contributed by atoms with Gasteiger partial charge in [-0.25, -0.2) is 0 Å². The van der Waals surface area contributed by atoms with E-state index in [4.69, 9.17) is 0 Å². The molecule has 0 saturated carbocycles. The number of pyridine rings is 5. The van der Waals surface area contributed by atoms with Gasteiger partial charge < -0.3 is 23.3 Å². The molecule has 0 aliphatic carbocycles. The Kier molecular flexibility index (Phi) is 24.4. The molecule has 1 N–H and O–H groups in total. The molecule has 0 amide bonds. The molecular weight excluding hydrogens is 691 g/mol. The van der Waals surface area contributed by atoms with Crippen LogP contribution in [0.25, 0.3) is 0 Å². The highest BCUT2D eigenvalue weighted by atomic mass is 16.1. The molecule has 0 bridgehead atoms. The molecule has 0 aromatic carbocycles. The third kappa shape index (κ3) is 19.9. The van der Waals surface area contributed by atoms with Crippen LogP contribution in [-0.2, 0) is 19.6 Å². The number of rotatable bonds is 9. The molecule has 0 fully saturated rings. The van der Waals surface area contributed by atoms with E-state index in [1.165, 1.54) is 0 Å². The van der Waals surface area contributed by atoms with Crippen molar-refractivity contribution in [2.45, 2.75) is 121 Å². The number of aromatic nitrogens is 5.